The Bertz CT molecular complexity index is 1030. The summed E-state index contributed by atoms with van der Waals surface area (Å²) in [4.78, 5) is 15.2. The van der Waals surface area contributed by atoms with E-state index in [1.54, 1.807) is 24.5 Å². The van der Waals surface area contributed by atoms with Crippen molar-refractivity contribution in [1.82, 2.24) is 19.9 Å². The molecule has 7 nitrogen and oxygen atoms in total. The summed E-state index contributed by atoms with van der Waals surface area (Å²) < 4.78 is 41.3. The lowest BCUT2D eigenvalue weighted by Crippen LogP contribution is -2.17. The van der Waals surface area contributed by atoms with Gasteiger partial charge in [0, 0.05) is 36.3 Å². The van der Waals surface area contributed by atoms with Crippen molar-refractivity contribution in [2.24, 2.45) is 0 Å². The van der Waals surface area contributed by atoms with E-state index in [4.69, 9.17) is 11.6 Å². The lowest BCUT2D eigenvalue weighted by atomic mass is 10.2. The molecule has 0 radical (unpaired) electrons. The third-order valence-corrected chi connectivity index (χ3v) is 4.47. The van der Waals surface area contributed by atoms with Crippen LogP contribution in [0.15, 0.2) is 48.8 Å². The van der Waals surface area contributed by atoms with Crippen LogP contribution in [0.25, 0.3) is 11.3 Å². The van der Waals surface area contributed by atoms with Crippen molar-refractivity contribution in [3.05, 3.63) is 53.8 Å². The van der Waals surface area contributed by atoms with Gasteiger partial charge in [-0.1, -0.05) is 11.6 Å². The number of ether oxygens (including phenoxy) is 1. The summed E-state index contributed by atoms with van der Waals surface area (Å²) in [6, 6.07) is 9.28. The second-order valence-electron chi connectivity index (χ2n) is 7.11. The van der Waals surface area contributed by atoms with Gasteiger partial charge in [0.1, 0.15) is 11.6 Å². The van der Waals surface area contributed by atoms with Crippen LogP contribution in [0.1, 0.15) is 6.42 Å². The van der Waals surface area contributed by atoms with Crippen molar-refractivity contribution >= 4 is 29.1 Å². The first kappa shape index (κ1) is 23.6. The number of nitrogens with one attached hydrogen (secondary N) is 2. The highest BCUT2D eigenvalue weighted by Crippen LogP contribution is 2.33. The number of halogens is 4. The van der Waals surface area contributed by atoms with Gasteiger partial charge in [0.05, 0.1) is 10.7 Å². The van der Waals surface area contributed by atoms with Gasteiger partial charge in [0.2, 0.25) is 5.95 Å². The Morgan fingerprint density at radius 3 is 2.59 bits per heavy atom. The molecule has 3 rings (SSSR count). The average molecular weight is 467 g/mol. The number of hydrogen-bond donors (Lipinski definition) is 2. The van der Waals surface area contributed by atoms with E-state index in [-0.39, 0.29) is 5.02 Å². The van der Waals surface area contributed by atoms with Crippen molar-refractivity contribution in [3.63, 3.8) is 0 Å². The number of aromatic nitrogens is 3. The van der Waals surface area contributed by atoms with Crippen molar-refractivity contribution in [1.29, 1.82) is 0 Å². The number of rotatable bonds is 9. The van der Waals surface area contributed by atoms with Gasteiger partial charge < -0.3 is 20.3 Å². The van der Waals surface area contributed by atoms with E-state index >= 15 is 0 Å². The Morgan fingerprint density at radius 2 is 1.94 bits per heavy atom. The van der Waals surface area contributed by atoms with Crippen LogP contribution in [0.3, 0.4) is 0 Å². The van der Waals surface area contributed by atoms with Gasteiger partial charge in [0.15, 0.2) is 0 Å². The zero-order valence-corrected chi connectivity index (χ0v) is 18.2. The molecule has 0 amide bonds. The molecule has 0 fully saturated rings. The van der Waals surface area contributed by atoms with Gasteiger partial charge >= 0.3 is 6.36 Å². The van der Waals surface area contributed by atoms with E-state index in [0.29, 0.717) is 29.7 Å². The molecule has 0 atom stereocenters. The predicted molar refractivity (Wildman–Crippen MR) is 118 cm³/mol. The van der Waals surface area contributed by atoms with E-state index in [1.807, 2.05) is 20.2 Å². The van der Waals surface area contributed by atoms with Gasteiger partial charge in [-0.3, -0.25) is 4.98 Å². The minimum Gasteiger partial charge on any atom is -0.404 e. The molecule has 0 spiro atoms. The molecular weight excluding hydrogens is 445 g/mol. The molecule has 0 aliphatic carbocycles. The van der Waals surface area contributed by atoms with E-state index < -0.39 is 12.1 Å². The third-order valence-electron chi connectivity index (χ3n) is 4.18. The second kappa shape index (κ2) is 10.5. The molecule has 0 aliphatic rings. The predicted octanol–water partition coefficient (Wildman–Crippen LogP) is 5.20. The third kappa shape index (κ3) is 7.24. The number of alkyl halides is 3. The maximum atomic E-state index is 12.5. The fourth-order valence-corrected chi connectivity index (χ4v) is 3.00. The van der Waals surface area contributed by atoms with E-state index in [2.05, 4.69) is 35.2 Å². The second-order valence-corrected chi connectivity index (χ2v) is 7.51. The Kier molecular flexibility index (Phi) is 7.70. The summed E-state index contributed by atoms with van der Waals surface area (Å²) in [6.45, 7) is 1.58. The largest absolute Gasteiger partial charge is 0.573 e. The molecular formula is C21H22ClF3N6O. The first-order valence-corrected chi connectivity index (χ1v) is 10.1. The maximum Gasteiger partial charge on any atom is 0.573 e. The number of anilines is 3. The van der Waals surface area contributed by atoms with Gasteiger partial charge in [-0.2, -0.15) is 4.98 Å². The first-order chi connectivity index (χ1) is 15.2. The summed E-state index contributed by atoms with van der Waals surface area (Å²) in [5.41, 5.74) is 1.87. The molecule has 0 saturated heterocycles. The van der Waals surface area contributed by atoms with E-state index in [0.717, 1.165) is 24.6 Å². The number of pyridine rings is 1. The Morgan fingerprint density at radius 1 is 1.12 bits per heavy atom. The summed E-state index contributed by atoms with van der Waals surface area (Å²) in [5.74, 6) is 0.372. The quantitative estimate of drug-likeness (QED) is 0.420. The van der Waals surface area contributed by atoms with Crippen molar-refractivity contribution in [3.8, 4) is 17.0 Å². The zero-order chi connectivity index (χ0) is 23.1. The van der Waals surface area contributed by atoms with Crippen LogP contribution in [0.4, 0.5) is 30.6 Å². The summed E-state index contributed by atoms with van der Waals surface area (Å²) in [5, 5.41) is 6.07. The first-order valence-electron chi connectivity index (χ1n) is 9.70. The molecule has 2 N–H and O–H groups in total. The maximum absolute atomic E-state index is 12.5. The Hall–Kier alpha value is -3.11. The number of benzene rings is 1. The molecule has 0 saturated carbocycles. The molecule has 3 aromatic rings. The van der Waals surface area contributed by atoms with E-state index in [9.17, 15) is 13.2 Å². The molecule has 0 unspecified atom stereocenters. The van der Waals surface area contributed by atoms with Crippen molar-refractivity contribution in [2.75, 3.05) is 37.8 Å². The fourth-order valence-electron chi connectivity index (χ4n) is 2.78. The van der Waals surface area contributed by atoms with Crippen LogP contribution in [-0.4, -0.2) is 53.4 Å². The molecule has 0 bridgehead atoms. The standard InChI is InChI=1S/C21H22ClF3N6O/c1-31(2)10-4-9-27-20-29-17(14-5-3-8-26-13-14)12-19(30-20)28-15-6-7-18(16(22)11-15)32-21(23,24)25/h3,5-8,11-13H,4,9-10H2,1-2H3,(H2,27,28,29,30). The minimum absolute atomic E-state index is 0.184. The SMILES string of the molecule is CN(C)CCCNc1nc(Nc2ccc(OC(F)(F)F)c(Cl)c2)cc(-c2cccnc2)n1. The molecule has 170 valence electrons. The van der Waals surface area contributed by atoms with Crippen molar-refractivity contribution in [2.45, 2.75) is 12.8 Å². The molecule has 2 aromatic heterocycles. The van der Waals surface area contributed by atoms with Crippen LogP contribution in [0, 0.1) is 0 Å². The lowest BCUT2D eigenvalue weighted by Gasteiger charge is -2.14. The van der Waals surface area contributed by atoms with Gasteiger partial charge in [-0.05, 0) is 57.4 Å². The number of nitrogens with zero attached hydrogens (tertiary/aromatic N) is 4. The van der Waals surface area contributed by atoms with Crippen LogP contribution < -0.4 is 15.4 Å². The van der Waals surface area contributed by atoms with Crippen LogP contribution in [0.5, 0.6) is 5.75 Å². The van der Waals surface area contributed by atoms with E-state index in [1.165, 1.54) is 12.1 Å². The molecule has 0 aliphatic heterocycles. The van der Waals surface area contributed by atoms with Crippen LogP contribution >= 0.6 is 11.6 Å². The minimum atomic E-state index is -4.82. The normalized spacial score (nSPS) is 11.5. The number of hydrogen-bond acceptors (Lipinski definition) is 7. The smallest absolute Gasteiger partial charge is 0.404 e. The summed E-state index contributed by atoms with van der Waals surface area (Å²) >= 11 is 5.95. The Balaban J connectivity index is 1.83. The van der Waals surface area contributed by atoms with Gasteiger partial charge in [-0.15, -0.1) is 13.2 Å². The molecule has 32 heavy (non-hydrogen) atoms. The van der Waals surface area contributed by atoms with Gasteiger partial charge in [-0.25, -0.2) is 4.98 Å². The van der Waals surface area contributed by atoms with Gasteiger partial charge in [0.25, 0.3) is 0 Å². The monoisotopic (exact) mass is 466 g/mol. The van der Waals surface area contributed by atoms with Crippen LogP contribution in [-0.2, 0) is 0 Å². The van der Waals surface area contributed by atoms with Crippen molar-refractivity contribution < 1.29 is 17.9 Å². The molecule has 1 aromatic carbocycles. The Labute approximate surface area is 188 Å². The van der Waals surface area contributed by atoms with Crippen LogP contribution in [0.2, 0.25) is 5.02 Å². The molecule has 11 heteroatoms. The average Bonchev–Trinajstić information content (AvgIpc) is 2.73. The molecule has 2 heterocycles. The lowest BCUT2D eigenvalue weighted by molar-refractivity contribution is -0.274. The highest BCUT2D eigenvalue weighted by Gasteiger charge is 2.32. The zero-order valence-electron chi connectivity index (χ0n) is 17.4. The summed E-state index contributed by atoms with van der Waals surface area (Å²) in [6.07, 6.45) is -0.581. The summed E-state index contributed by atoms with van der Waals surface area (Å²) in [7, 11) is 4.00. The highest BCUT2D eigenvalue weighted by molar-refractivity contribution is 6.32. The fraction of sp³-hybridized carbons (Fsp3) is 0.286. The topological polar surface area (TPSA) is 75.2 Å². The highest BCUT2D eigenvalue weighted by atomic mass is 35.5.